The predicted octanol–water partition coefficient (Wildman–Crippen LogP) is 1.62. The summed E-state index contributed by atoms with van der Waals surface area (Å²) in [6, 6.07) is 10.7. The number of benzene rings is 1. The third-order valence-corrected chi connectivity index (χ3v) is 5.49. The number of nitrogens with one attached hydrogen (secondary N) is 1. The Bertz CT molecular complexity index is 563. The monoisotopic (exact) mass is 373 g/mol. The van der Waals surface area contributed by atoms with E-state index in [9.17, 15) is 5.11 Å². The Morgan fingerprint density at radius 2 is 1.78 bits per heavy atom. The fraction of sp³-hybridized carbons (Fsp3) is 0.667. The minimum absolute atomic E-state index is 0.0887. The summed E-state index contributed by atoms with van der Waals surface area (Å²) >= 11 is 0. The van der Waals surface area contributed by atoms with E-state index >= 15 is 0 Å². The van der Waals surface area contributed by atoms with E-state index in [1.807, 2.05) is 0 Å². The molecule has 2 aliphatic rings. The average Bonchev–Trinajstić information content (AvgIpc) is 2.72. The van der Waals surface area contributed by atoms with Crippen molar-refractivity contribution in [3.63, 3.8) is 0 Å². The third-order valence-electron chi connectivity index (χ3n) is 5.49. The van der Waals surface area contributed by atoms with E-state index in [1.165, 1.54) is 5.69 Å². The maximum absolute atomic E-state index is 9.60. The summed E-state index contributed by atoms with van der Waals surface area (Å²) in [5, 5.41) is 13.1. The zero-order valence-corrected chi connectivity index (χ0v) is 16.7. The Balaban J connectivity index is 1.43. The molecule has 2 N–H and O–H groups in total. The normalized spacial score (nSPS) is 20.1. The average molecular weight is 374 g/mol. The van der Waals surface area contributed by atoms with Gasteiger partial charge in [0, 0.05) is 58.0 Å². The van der Waals surface area contributed by atoms with Gasteiger partial charge in [0.2, 0.25) is 0 Å². The van der Waals surface area contributed by atoms with Crippen molar-refractivity contribution in [2.24, 2.45) is 4.99 Å². The highest BCUT2D eigenvalue weighted by Gasteiger charge is 2.20. The van der Waals surface area contributed by atoms with Gasteiger partial charge in [-0.1, -0.05) is 18.2 Å². The van der Waals surface area contributed by atoms with Crippen LogP contribution in [0.25, 0.3) is 0 Å². The zero-order valence-electron chi connectivity index (χ0n) is 16.7. The number of likely N-dealkylation sites (tertiary alicyclic amines) is 1. The molecule has 150 valence electrons. The quantitative estimate of drug-likeness (QED) is 0.451. The van der Waals surface area contributed by atoms with Gasteiger partial charge in [-0.15, -0.1) is 0 Å². The number of aliphatic imine (C=N–C) groups is 1. The zero-order chi connectivity index (χ0) is 18.9. The van der Waals surface area contributed by atoms with E-state index in [2.05, 4.69) is 57.3 Å². The van der Waals surface area contributed by atoms with Crippen LogP contribution in [0.5, 0.6) is 0 Å². The molecule has 0 aromatic heterocycles. The van der Waals surface area contributed by atoms with Gasteiger partial charge in [0.1, 0.15) is 0 Å². The van der Waals surface area contributed by atoms with Crippen molar-refractivity contribution in [3.05, 3.63) is 30.3 Å². The molecule has 6 heteroatoms. The molecular weight excluding hydrogens is 338 g/mol. The first-order chi connectivity index (χ1) is 13.3. The van der Waals surface area contributed by atoms with E-state index in [-0.39, 0.29) is 6.10 Å². The van der Waals surface area contributed by atoms with Crippen LogP contribution < -0.4 is 10.2 Å². The molecule has 0 unspecified atom stereocenters. The van der Waals surface area contributed by atoms with Crippen LogP contribution in [0, 0.1) is 0 Å². The SMILES string of the molecule is CCNC(=NCCCN1CCC(O)CC1)N1CCN(c2ccccc2)CC1. The number of aliphatic hydroxyl groups is 1. The number of para-hydroxylation sites is 1. The lowest BCUT2D eigenvalue weighted by Gasteiger charge is -2.37. The Hall–Kier alpha value is -1.79. The topological polar surface area (TPSA) is 54.3 Å². The molecule has 2 saturated heterocycles. The van der Waals surface area contributed by atoms with Gasteiger partial charge in [-0.25, -0.2) is 0 Å². The highest BCUT2D eigenvalue weighted by Crippen LogP contribution is 2.15. The van der Waals surface area contributed by atoms with Gasteiger partial charge in [0.25, 0.3) is 0 Å². The molecule has 27 heavy (non-hydrogen) atoms. The first kappa shape index (κ1) is 20.0. The summed E-state index contributed by atoms with van der Waals surface area (Å²) in [4.78, 5) is 12.2. The second kappa shape index (κ2) is 10.5. The third kappa shape index (κ3) is 6.11. The van der Waals surface area contributed by atoms with E-state index in [0.29, 0.717) is 0 Å². The second-order valence-electron chi connectivity index (χ2n) is 7.47. The van der Waals surface area contributed by atoms with Crippen LogP contribution in [0.2, 0.25) is 0 Å². The van der Waals surface area contributed by atoms with E-state index in [1.54, 1.807) is 0 Å². The maximum Gasteiger partial charge on any atom is 0.194 e. The number of nitrogens with zero attached hydrogens (tertiary/aromatic N) is 4. The lowest BCUT2D eigenvalue weighted by atomic mass is 10.1. The number of aliphatic hydroxyl groups excluding tert-OH is 1. The maximum atomic E-state index is 9.60. The summed E-state index contributed by atoms with van der Waals surface area (Å²) in [5.74, 6) is 1.05. The largest absolute Gasteiger partial charge is 0.393 e. The minimum atomic E-state index is -0.0887. The highest BCUT2D eigenvalue weighted by molar-refractivity contribution is 5.80. The van der Waals surface area contributed by atoms with Crippen LogP contribution in [-0.2, 0) is 0 Å². The van der Waals surface area contributed by atoms with Crippen molar-refractivity contribution >= 4 is 11.6 Å². The predicted molar refractivity (Wildman–Crippen MR) is 113 cm³/mol. The smallest absolute Gasteiger partial charge is 0.194 e. The van der Waals surface area contributed by atoms with Gasteiger partial charge >= 0.3 is 0 Å². The number of hydrogen-bond acceptors (Lipinski definition) is 4. The lowest BCUT2D eigenvalue weighted by molar-refractivity contribution is 0.0824. The molecule has 3 rings (SSSR count). The van der Waals surface area contributed by atoms with Crippen molar-refractivity contribution in [1.82, 2.24) is 15.1 Å². The van der Waals surface area contributed by atoms with Gasteiger partial charge < -0.3 is 25.1 Å². The van der Waals surface area contributed by atoms with Gasteiger partial charge in [-0.3, -0.25) is 4.99 Å². The molecule has 0 amide bonds. The molecule has 6 nitrogen and oxygen atoms in total. The number of anilines is 1. The van der Waals surface area contributed by atoms with Crippen molar-refractivity contribution in [2.45, 2.75) is 32.3 Å². The van der Waals surface area contributed by atoms with Gasteiger partial charge in [-0.2, -0.15) is 0 Å². The van der Waals surface area contributed by atoms with Gasteiger partial charge in [0.15, 0.2) is 5.96 Å². The highest BCUT2D eigenvalue weighted by atomic mass is 16.3. The Morgan fingerprint density at radius 3 is 2.44 bits per heavy atom. The molecule has 0 radical (unpaired) electrons. The second-order valence-corrected chi connectivity index (χ2v) is 7.47. The van der Waals surface area contributed by atoms with Crippen LogP contribution in [0.15, 0.2) is 35.3 Å². The van der Waals surface area contributed by atoms with Crippen LogP contribution in [0.1, 0.15) is 26.2 Å². The van der Waals surface area contributed by atoms with Crippen molar-refractivity contribution < 1.29 is 5.11 Å². The summed E-state index contributed by atoms with van der Waals surface area (Å²) in [6.07, 6.45) is 2.82. The molecule has 2 aliphatic heterocycles. The molecule has 2 heterocycles. The number of hydrogen-bond donors (Lipinski definition) is 2. The first-order valence-corrected chi connectivity index (χ1v) is 10.5. The van der Waals surface area contributed by atoms with Crippen LogP contribution in [0.4, 0.5) is 5.69 Å². The summed E-state index contributed by atoms with van der Waals surface area (Å²) in [7, 11) is 0. The number of guanidine groups is 1. The standard InChI is InChI=1S/C21H35N5O/c1-2-22-21(23-11-6-12-24-13-9-20(27)10-14-24)26-17-15-25(16-18-26)19-7-4-3-5-8-19/h3-5,7-8,20,27H,2,6,9-18H2,1H3,(H,22,23). The molecular formula is C21H35N5O. The lowest BCUT2D eigenvalue weighted by Crippen LogP contribution is -2.52. The van der Waals surface area contributed by atoms with Crippen molar-refractivity contribution in [1.29, 1.82) is 0 Å². The minimum Gasteiger partial charge on any atom is -0.393 e. The number of rotatable bonds is 6. The van der Waals surface area contributed by atoms with Crippen LogP contribution in [-0.4, -0.2) is 85.9 Å². The summed E-state index contributed by atoms with van der Waals surface area (Å²) in [6.45, 7) is 11.1. The molecule has 0 bridgehead atoms. The van der Waals surface area contributed by atoms with Crippen molar-refractivity contribution in [2.75, 3.05) is 63.8 Å². The summed E-state index contributed by atoms with van der Waals surface area (Å²) in [5.41, 5.74) is 1.31. The molecule has 1 aromatic carbocycles. The molecule has 0 atom stereocenters. The number of piperazine rings is 1. The van der Waals surface area contributed by atoms with E-state index in [4.69, 9.17) is 4.99 Å². The molecule has 1 aromatic rings. The molecule has 2 fully saturated rings. The van der Waals surface area contributed by atoms with E-state index in [0.717, 1.165) is 84.1 Å². The Kier molecular flexibility index (Phi) is 7.78. The summed E-state index contributed by atoms with van der Waals surface area (Å²) < 4.78 is 0. The molecule has 0 spiro atoms. The van der Waals surface area contributed by atoms with Crippen LogP contribution in [0.3, 0.4) is 0 Å². The van der Waals surface area contributed by atoms with Crippen LogP contribution >= 0.6 is 0 Å². The fourth-order valence-corrected chi connectivity index (χ4v) is 3.86. The fourth-order valence-electron chi connectivity index (χ4n) is 3.86. The van der Waals surface area contributed by atoms with Gasteiger partial charge in [0.05, 0.1) is 6.10 Å². The van der Waals surface area contributed by atoms with Crippen molar-refractivity contribution in [3.8, 4) is 0 Å². The Labute approximate surface area is 163 Å². The first-order valence-electron chi connectivity index (χ1n) is 10.5. The number of piperidine rings is 1. The molecule has 0 aliphatic carbocycles. The molecule has 0 saturated carbocycles. The van der Waals surface area contributed by atoms with Gasteiger partial charge in [-0.05, 0) is 44.9 Å². The Morgan fingerprint density at radius 1 is 1.07 bits per heavy atom. The van der Waals surface area contributed by atoms with E-state index < -0.39 is 0 Å².